The first-order chi connectivity index (χ1) is 14.2. The molecule has 0 fully saturated rings. The van der Waals surface area contributed by atoms with Crippen LogP contribution in [0.3, 0.4) is 0 Å². The molecule has 1 amide bonds. The second-order valence-corrected chi connectivity index (χ2v) is 6.54. The van der Waals surface area contributed by atoms with E-state index in [4.69, 9.17) is 0 Å². The monoisotopic (exact) mass is 385 g/mol. The Morgan fingerprint density at radius 2 is 1.69 bits per heavy atom. The quantitative estimate of drug-likeness (QED) is 0.553. The van der Waals surface area contributed by atoms with Gasteiger partial charge in [0, 0.05) is 31.5 Å². The number of amides is 1. The van der Waals surface area contributed by atoms with Crippen molar-refractivity contribution in [3.8, 4) is 5.69 Å². The van der Waals surface area contributed by atoms with Crippen LogP contribution in [0.1, 0.15) is 21.6 Å². The van der Waals surface area contributed by atoms with Gasteiger partial charge in [-0.1, -0.05) is 42.5 Å². The summed E-state index contributed by atoms with van der Waals surface area (Å²) in [4.78, 5) is 28.6. The standard InChI is InChI=1S/C22H19N5O2/c28-21-11-10-20(25-27(21)19-4-2-1-3-5-19)22(29)24-14-17-6-8-18(9-7-17)15-26-13-12-23-16-26/h1-13,16H,14-15H2,(H,24,29). The van der Waals surface area contributed by atoms with E-state index in [2.05, 4.69) is 15.4 Å². The molecule has 0 aliphatic rings. The summed E-state index contributed by atoms with van der Waals surface area (Å²) in [5, 5.41) is 7.04. The molecule has 0 aliphatic carbocycles. The molecule has 1 N–H and O–H groups in total. The van der Waals surface area contributed by atoms with Gasteiger partial charge in [-0.05, 0) is 29.3 Å². The van der Waals surface area contributed by atoms with E-state index in [9.17, 15) is 9.59 Å². The molecule has 0 atom stereocenters. The molecule has 2 heterocycles. The molecule has 29 heavy (non-hydrogen) atoms. The Morgan fingerprint density at radius 3 is 2.41 bits per heavy atom. The Labute approximate surface area is 167 Å². The summed E-state index contributed by atoms with van der Waals surface area (Å²) in [6.07, 6.45) is 5.44. The molecular formula is C22H19N5O2. The second kappa shape index (κ2) is 8.35. The number of benzene rings is 2. The summed E-state index contributed by atoms with van der Waals surface area (Å²) in [5.74, 6) is -0.336. The Kier molecular flexibility index (Phi) is 5.29. The Hall–Kier alpha value is -4.00. The molecule has 0 bridgehead atoms. The largest absolute Gasteiger partial charge is 0.347 e. The first kappa shape index (κ1) is 18.4. The minimum Gasteiger partial charge on any atom is -0.347 e. The number of carbonyl (C=O) groups excluding carboxylic acids is 1. The molecule has 7 heteroatoms. The van der Waals surface area contributed by atoms with E-state index in [1.165, 1.54) is 16.8 Å². The molecule has 0 saturated carbocycles. The first-order valence-corrected chi connectivity index (χ1v) is 9.16. The lowest BCUT2D eigenvalue weighted by atomic mass is 10.1. The van der Waals surface area contributed by atoms with Gasteiger partial charge in [-0.25, -0.2) is 4.98 Å². The maximum atomic E-state index is 12.5. The molecule has 0 saturated heterocycles. The van der Waals surface area contributed by atoms with Crippen molar-refractivity contribution >= 4 is 5.91 Å². The van der Waals surface area contributed by atoms with Gasteiger partial charge < -0.3 is 9.88 Å². The highest BCUT2D eigenvalue weighted by molar-refractivity contribution is 5.92. The van der Waals surface area contributed by atoms with Crippen LogP contribution in [0.4, 0.5) is 0 Å². The number of carbonyl (C=O) groups is 1. The van der Waals surface area contributed by atoms with E-state index in [0.717, 1.165) is 17.7 Å². The van der Waals surface area contributed by atoms with Crippen LogP contribution < -0.4 is 10.9 Å². The van der Waals surface area contributed by atoms with Gasteiger partial charge in [0.2, 0.25) is 0 Å². The number of hydrogen-bond donors (Lipinski definition) is 1. The van der Waals surface area contributed by atoms with Gasteiger partial charge >= 0.3 is 0 Å². The molecule has 144 valence electrons. The molecule has 0 unspecified atom stereocenters. The van der Waals surface area contributed by atoms with Crippen LogP contribution >= 0.6 is 0 Å². The van der Waals surface area contributed by atoms with E-state index in [1.807, 2.05) is 53.2 Å². The average Bonchev–Trinajstić information content (AvgIpc) is 3.27. The van der Waals surface area contributed by atoms with E-state index in [0.29, 0.717) is 12.2 Å². The number of nitrogens with one attached hydrogen (secondary N) is 1. The zero-order valence-electron chi connectivity index (χ0n) is 15.6. The molecule has 2 aromatic carbocycles. The third-order valence-electron chi connectivity index (χ3n) is 4.43. The summed E-state index contributed by atoms with van der Waals surface area (Å²) in [6, 6.07) is 19.8. The van der Waals surface area contributed by atoms with Gasteiger partial charge in [-0.3, -0.25) is 9.59 Å². The summed E-state index contributed by atoms with van der Waals surface area (Å²) in [5.41, 5.74) is 2.63. The van der Waals surface area contributed by atoms with E-state index in [1.54, 1.807) is 24.7 Å². The highest BCUT2D eigenvalue weighted by Crippen LogP contribution is 2.07. The maximum Gasteiger partial charge on any atom is 0.272 e. The third kappa shape index (κ3) is 4.47. The minimum absolute atomic E-state index is 0.185. The van der Waals surface area contributed by atoms with Crippen molar-refractivity contribution in [3.63, 3.8) is 0 Å². The highest BCUT2D eigenvalue weighted by atomic mass is 16.2. The molecule has 4 rings (SSSR count). The zero-order chi connectivity index (χ0) is 20.1. The fraction of sp³-hybridized carbons (Fsp3) is 0.0909. The van der Waals surface area contributed by atoms with Crippen molar-refractivity contribution in [1.29, 1.82) is 0 Å². The third-order valence-corrected chi connectivity index (χ3v) is 4.43. The molecule has 0 spiro atoms. The number of rotatable bonds is 6. The van der Waals surface area contributed by atoms with Gasteiger partial charge in [-0.2, -0.15) is 9.78 Å². The van der Waals surface area contributed by atoms with E-state index < -0.39 is 0 Å². The first-order valence-electron chi connectivity index (χ1n) is 9.16. The Bertz CT molecular complexity index is 1150. The van der Waals surface area contributed by atoms with Crippen LogP contribution in [0.15, 0.2) is 90.2 Å². The zero-order valence-corrected chi connectivity index (χ0v) is 15.6. The van der Waals surface area contributed by atoms with Gasteiger partial charge in [0.1, 0.15) is 5.69 Å². The lowest BCUT2D eigenvalue weighted by Gasteiger charge is -2.09. The molecular weight excluding hydrogens is 366 g/mol. The molecule has 0 radical (unpaired) electrons. The molecule has 4 aromatic rings. The normalized spacial score (nSPS) is 10.6. The van der Waals surface area contributed by atoms with Crippen molar-refractivity contribution in [2.24, 2.45) is 0 Å². The number of aromatic nitrogens is 4. The van der Waals surface area contributed by atoms with Crippen LogP contribution in [0, 0.1) is 0 Å². The number of para-hydroxylation sites is 1. The van der Waals surface area contributed by atoms with Crippen molar-refractivity contribution in [1.82, 2.24) is 24.6 Å². The van der Waals surface area contributed by atoms with Crippen LogP contribution in [0.5, 0.6) is 0 Å². The van der Waals surface area contributed by atoms with Gasteiger partial charge in [0.15, 0.2) is 0 Å². The van der Waals surface area contributed by atoms with Gasteiger partial charge in [0.25, 0.3) is 11.5 Å². The highest BCUT2D eigenvalue weighted by Gasteiger charge is 2.10. The van der Waals surface area contributed by atoms with Crippen LogP contribution in [0.2, 0.25) is 0 Å². The predicted molar refractivity (Wildman–Crippen MR) is 109 cm³/mol. The summed E-state index contributed by atoms with van der Waals surface area (Å²) in [7, 11) is 0. The Morgan fingerprint density at radius 1 is 0.931 bits per heavy atom. The summed E-state index contributed by atoms with van der Waals surface area (Å²) >= 11 is 0. The van der Waals surface area contributed by atoms with Crippen molar-refractivity contribution < 1.29 is 4.79 Å². The Balaban J connectivity index is 1.41. The van der Waals surface area contributed by atoms with Crippen LogP contribution in [-0.4, -0.2) is 25.2 Å². The van der Waals surface area contributed by atoms with Crippen molar-refractivity contribution in [2.45, 2.75) is 13.1 Å². The van der Waals surface area contributed by atoms with Crippen LogP contribution in [0.25, 0.3) is 5.69 Å². The number of imidazole rings is 1. The lowest BCUT2D eigenvalue weighted by Crippen LogP contribution is -2.28. The second-order valence-electron chi connectivity index (χ2n) is 6.54. The summed E-state index contributed by atoms with van der Waals surface area (Å²) < 4.78 is 3.21. The number of nitrogens with zero attached hydrogens (tertiary/aromatic N) is 4. The summed E-state index contributed by atoms with van der Waals surface area (Å²) in [6.45, 7) is 1.12. The topological polar surface area (TPSA) is 81.8 Å². The fourth-order valence-corrected chi connectivity index (χ4v) is 2.91. The van der Waals surface area contributed by atoms with Crippen molar-refractivity contribution in [2.75, 3.05) is 0 Å². The molecule has 7 nitrogen and oxygen atoms in total. The van der Waals surface area contributed by atoms with Crippen LogP contribution in [-0.2, 0) is 13.1 Å². The number of hydrogen-bond acceptors (Lipinski definition) is 4. The average molecular weight is 385 g/mol. The van der Waals surface area contributed by atoms with Gasteiger partial charge in [-0.15, -0.1) is 0 Å². The van der Waals surface area contributed by atoms with Gasteiger partial charge in [0.05, 0.1) is 12.0 Å². The molecule has 0 aliphatic heterocycles. The minimum atomic E-state index is -0.336. The fourth-order valence-electron chi connectivity index (χ4n) is 2.91. The lowest BCUT2D eigenvalue weighted by molar-refractivity contribution is 0.0944. The van der Waals surface area contributed by atoms with E-state index >= 15 is 0 Å². The van der Waals surface area contributed by atoms with E-state index in [-0.39, 0.29) is 17.2 Å². The van der Waals surface area contributed by atoms with Crippen molar-refractivity contribution in [3.05, 3.63) is 113 Å². The smallest absolute Gasteiger partial charge is 0.272 e. The maximum absolute atomic E-state index is 12.5. The SMILES string of the molecule is O=C(NCc1ccc(Cn2ccnc2)cc1)c1ccc(=O)n(-c2ccccc2)n1. The predicted octanol–water partition coefficient (Wildman–Crippen LogP) is 2.41. The molecule has 2 aromatic heterocycles.